The van der Waals surface area contributed by atoms with Crippen LogP contribution in [0, 0.1) is 5.82 Å². The van der Waals surface area contributed by atoms with Crippen LogP contribution in [0.25, 0.3) is 0 Å². The van der Waals surface area contributed by atoms with Gasteiger partial charge in [-0.1, -0.05) is 54.6 Å². The number of nitrogens with zero attached hydrogens (tertiary/aromatic N) is 6. The number of aromatic nitrogens is 4. The summed E-state index contributed by atoms with van der Waals surface area (Å²) in [5.74, 6) is 1.31. The van der Waals surface area contributed by atoms with E-state index in [0.717, 1.165) is 55.4 Å². The first kappa shape index (κ1) is 23.1. The molecular formula is C27H29FN6O. The van der Waals surface area contributed by atoms with Crippen LogP contribution in [-0.2, 0) is 13.1 Å². The van der Waals surface area contributed by atoms with Gasteiger partial charge in [0.15, 0.2) is 5.82 Å². The van der Waals surface area contributed by atoms with Crippen molar-refractivity contribution in [3.63, 3.8) is 0 Å². The zero-order valence-electron chi connectivity index (χ0n) is 19.8. The van der Waals surface area contributed by atoms with E-state index in [1.165, 1.54) is 17.7 Å². The Morgan fingerprint density at radius 3 is 2.20 bits per heavy atom. The van der Waals surface area contributed by atoms with E-state index in [4.69, 9.17) is 4.74 Å². The molecule has 0 N–H and O–H groups in total. The molecule has 0 saturated carbocycles. The van der Waals surface area contributed by atoms with E-state index in [2.05, 4.69) is 49.6 Å². The van der Waals surface area contributed by atoms with E-state index in [1.54, 1.807) is 7.11 Å². The summed E-state index contributed by atoms with van der Waals surface area (Å²) in [6.45, 7) is 5.08. The van der Waals surface area contributed by atoms with Gasteiger partial charge in [0.2, 0.25) is 0 Å². The van der Waals surface area contributed by atoms with Gasteiger partial charge in [0.25, 0.3) is 0 Å². The van der Waals surface area contributed by atoms with Crippen molar-refractivity contribution in [2.45, 2.75) is 19.1 Å². The van der Waals surface area contributed by atoms with E-state index in [-0.39, 0.29) is 11.9 Å². The maximum Gasteiger partial charge on any atom is 0.173 e. The van der Waals surface area contributed by atoms with Crippen molar-refractivity contribution >= 4 is 0 Å². The van der Waals surface area contributed by atoms with Crippen LogP contribution >= 0.6 is 0 Å². The van der Waals surface area contributed by atoms with Gasteiger partial charge in [0, 0.05) is 32.7 Å². The number of halogens is 1. The van der Waals surface area contributed by atoms with Crippen LogP contribution in [0.15, 0.2) is 78.9 Å². The molecule has 2 heterocycles. The minimum absolute atomic E-state index is 0.164. The third-order valence-corrected chi connectivity index (χ3v) is 6.50. The minimum atomic E-state index is -0.252. The molecule has 1 fully saturated rings. The molecule has 0 spiro atoms. The van der Waals surface area contributed by atoms with Crippen molar-refractivity contribution in [3.8, 4) is 5.75 Å². The van der Waals surface area contributed by atoms with E-state index in [1.807, 2.05) is 47.1 Å². The highest BCUT2D eigenvalue weighted by Gasteiger charge is 2.30. The zero-order chi connectivity index (χ0) is 24.0. The maximum absolute atomic E-state index is 13.7. The SMILES string of the molecule is COc1ccc(Cn2nnnc2[C@@H](c2ccc(F)cc2)N2CCN(Cc3ccccc3)CC2)cc1. The number of benzene rings is 3. The number of methoxy groups -OCH3 is 1. The van der Waals surface area contributed by atoms with E-state index in [9.17, 15) is 4.39 Å². The van der Waals surface area contributed by atoms with Gasteiger partial charge in [-0.15, -0.1) is 5.10 Å². The molecule has 4 aromatic rings. The van der Waals surface area contributed by atoms with E-state index in [0.29, 0.717) is 6.54 Å². The molecule has 1 aromatic heterocycles. The van der Waals surface area contributed by atoms with Gasteiger partial charge in [-0.3, -0.25) is 9.80 Å². The summed E-state index contributed by atoms with van der Waals surface area (Å²) in [7, 11) is 1.65. The van der Waals surface area contributed by atoms with Crippen LogP contribution in [0.1, 0.15) is 28.6 Å². The second-order valence-electron chi connectivity index (χ2n) is 8.79. The standard InChI is InChI=1S/C27H29FN6O/c1-35-25-13-7-22(8-14-25)20-34-27(29-30-31-34)26(23-9-11-24(28)12-10-23)33-17-15-32(16-18-33)19-21-5-3-2-4-6-21/h2-14,26H,15-20H2,1H3/t26-/m1/s1. The van der Waals surface area contributed by atoms with Crippen LogP contribution in [0.3, 0.4) is 0 Å². The molecule has 180 valence electrons. The van der Waals surface area contributed by atoms with Crippen LogP contribution in [-0.4, -0.2) is 63.3 Å². The number of tetrazole rings is 1. The Hall–Kier alpha value is -3.62. The van der Waals surface area contributed by atoms with Gasteiger partial charge in [-0.25, -0.2) is 9.07 Å². The Morgan fingerprint density at radius 2 is 1.51 bits per heavy atom. The fourth-order valence-corrected chi connectivity index (χ4v) is 4.61. The Labute approximate surface area is 204 Å². The van der Waals surface area contributed by atoms with Crippen molar-refractivity contribution in [3.05, 3.63) is 107 Å². The van der Waals surface area contributed by atoms with E-state index >= 15 is 0 Å². The largest absolute Gasteiger partial charge is 0.497 e. The van der Waals surface area contributed by atoms with Crippen molar-refractivity contribution < 1.29 is 9.13 Å². The second-order valence-corrected chi connectivity index (χ2v) is 8.79. The number of ether oxygens (including phenoxy) is 1. The number of piperazine rings is 1. The number of rotatable bonds is 8. The summed E-state index contributed by atoms with van der Waals surface area (Å²) in [6.07, 6.45) is 0. The van der Waals surface area contributed by atoms with Crippen LogP contribution < -0.4 is 4.74 Å². The summed E-state index contributed by atoms with van der Waals surface area (Å²) in [6, 6.07) is 25.0. The molecule has 0 radical (unpaired) electrons. The Balaban J connectivity index is 1.37. The van der Waals surface area contributed by atoms with Gasteiger partial charge in [0.05, 0.1) is 19.7 Å². The van der Waals surface area contributed by atoms with Gasteiger partial charge < -0.3 is 4.74 Å². The van der Waals surface area contributed by atoms with Crippen LogP contribution in [0.4, 0.5) is 4.39 Å². The maximum atomic E-state index is 13.7. The van der Waals surface area contributed by atoms with Crippen molar-refractivity contribution in [2.24, 2.45) is 0 Å². The average Bonchev–Trinajstić information content (AvgIpc) is 3.35. The van der Waals surface area contributed by atoms with Crippen molar-refractivity contribution in [2.75, 3.05) is 33.3 Å². The lowest BCUT2D eigenvalue weighted by molar-refractivity contribution is 0.100. The number of hydrogen-bond donors (Lipinski definition) is 0. The lowest BCUT2D eigenvalue weighted by atomic mass is 10.0. The molecule has 1 aliphatic heterocycles. The van der Waals surface area contributed by atoms with Crippen molar-refractivity contribution in [1.82, 2.24) is 30.0 Å². The third-order valence-electron chi connectivity index (χ3n) is 6.50. The quantitative estimate of drug-likeness (QED) is 0.389. The first-order valence-electron chi connectivity index (χ1n) is 11.8. The molecule has 1 aliphatic rings. The Bertz CT molecular complexity index is 1200. The third kappa shape index (κ3) is 5.55. The molecule has 3 aromatic carbocycles. The smallest absolute Gasteiger partial charge is 0.173 e. The zero-order valence-corrected chi connectivity index (χ0v) is 19.8. The topological polar surface area (TPSA) is 59.3 Å². The highest BCUT2D eigenvalue weighted by Crippen LogP contribution is 2.29. The molecule has 0 unspecified atom stereocenters. The lowest BCUT2D eigenvalue weighted by Gasteiger charge is -2.39. The molecule has 0 aliphatic carbocycles. The van der Waals surface area contributed by atoms with Gasteiger partial charge in [-0.2, -0.15) is 0 Å². The molecule has 0 amide bonds. The van der Waals surface area contributed by atoms with E-state index < -0.39 is 0 Å². The fourth-order valence-electron chi connectivity index (χ4n) is 4.61. The molecule has 35 heavy (non-hydrogen) atoms. The summed E-state index contributed by atoms with van der Waals surface area (Å²) in [4.78, 5) is 4.86. The van der Waals surface area contributed by atoms with Gasteiger partial charge in [0.1, 0.15) is 11.6 Å². The molecular weight excluding hydrogens is 443 g/mol. The fraction of sp³-hybridized carbons (Fsp3) is 0.296. The predicted octanol–water partition coefficient (Wildman–Crippen LogP) is 3.78. The highest BCUT2D eigenvalue weighted by atomic mass is 19.1. The number of hydrogen-bond acceptors (Lipinski definition) is 6. The average molecular weight is 473 g/mol. The van der Waals surface area contributed by atoms with Crippen LogP contribution in [0.2, 0.25) is 0 Å². The summed E-state index contributed by atoms with van der Waals surface area (Å²) < 4.78 is 20.9. The molecule has 0 bridgehead atoms. The predicted molar refractivity (Wildman–Crippen MR) is 131 cm³/mol. The monoisotopic (exact) mass is 472 g/mol. The Kier molecular flexibility index (Phi) is 7.11. The molecule has 8 heteroatoms. The molecule has 7 nitrogen and oxygen atoms in total. The van der Waals surface area contributed by atoms with Crippen LogP contribution in [0.5, 0.6) is 5.75 Å². The second kappa shape index (κ2) is 10.8. The molecule has 5 rings (SSSR count). The summed E-state index contributed by atoms with van der Waals surface area (Å²) >= 11 is 0. The molecule has 1 atom stereocenters. The first-order chi connectivity index (χ1) is 17.2. The van der Waals surface area contributed by atoms with Gasteiger partial charge in [-0.05, 0) is 51.4 Å². The normalized spacial score (nSPS) is 15.7. The Morgan fingerprint density at radius 1 is 0.829 bits per heavy atom. The molecule has 1 saturated heterocycles. The van der Waals surface area contributed by atoms with Gasteiger partial charge >= 0.3 is 0 Å². The lowest BCUT2D eigenvalue weighted by Crippen LogP contribution is -2.48. The summed E-state index contributed by atoms with van der Waals surface area (Å²) in [5, 5.41) is 12.7. The van der Waals surface area contributed by atoms with Crippen molar-refractivity contribution in [1.29, 1.82) is 0 Å². The summed E-state index contributed by atoms with van der Waals surface area (Å²) in [5.41, 5.74) is 3.37. The minimum Gasteiger partial charge on any atom is -0.497 e. The highest BCUT2D eigenvalue weighted by molar-refractivity contribution is 5.29. The first-order valence-corrected chi connectivity index (χ1v) is 11.8.